The molecule has 0 saturated carbocycles. The molecule has 0 spiro atoms. The molecule has 0 aromatic heterocycles. The topological polar surface area (TPSA) is 38.7 Å². The van der Waals surface area contributed by atoms with E-state index in [1.807, 2.05) is 13.8 Å². The molecule has 1 N–H and O–H groups in total. The number of hydrogen-bond donors (Lipinski definition) is 1. The lowest BCUT2D eigenvalue weighted by Gasteiger charge is -2.37. The Morgan fingerprint density at radius 1 is 1.10 bits per heavy atom. The molecule has 20 heavy (non-hydrogen) atoms. The standard InChI is InChI=1S/C14H27F3O3/c1-6-11(3)19-9-13(5,8-12(4,18)7-2)20-10-14(15,16)17/h11,18H,6-10H2,1-5H3. The fourth-order valence-electron chi connectivity index (χ4n) is 1.77. The highest BCUT2D eigenvalue weighted by molar-refractivity contribution is 4.86. The van der Waals surface area contributed by atoms with Crippen LogP contribution in [-0.2, 0) is 9.47 Å². The van der Waals surface area contributed by atoms with Gasteiger partial charge in [-0.15, -0.1) is 0 Å². The number of alkyl halides is 3. The number of ether oxygens (including phenoxy) is 2. The third-order valence-electron chi connectivity index (χ3n) is 3.35. The van der Waals surface area contributed by atoms with Crippen LogP contribution in [0.15, 0.2) is 0 Å². The molecule has 3 nitrogen and oxygen atoms in total. The van der Waals surface area contributed by atoms with Crippen molar-refractivity contribution in [2.45, 2.75) is 77.4 Å². The highest BCUT2D eigenvalue weighted by Crippen LogP contribution is 2.29. The van der Waals surface area contributed by atoms with Crippen LogP contribution in [0, 0.1) is 0 Å². The summed E-state index contributed by atoms with van der Waals surface area (Å²) in [6, 6.07) is 0. The molecule has 0 heterocycles. The van der Waals surface area contributed by atoms with Gasteiger partial charge < -0.3 is 14.6 Å². The summed E-state index contributed by atoms with van der Waals surface area (Å²) in [5.41, 5.74) is -2.25. The summed E-state index contributed by atoms with van der Waals surface area (Å²) >= 11 is 0. The minimum absolute atomic E-state index is 0.0221. The molecule has 0 rings (SSSR count). The maximum absolute atomic E-state index is 12.3. The van der Waals surface area contributed by atoms with Gasteiger partial charge in [-0.25, -0.2) is 0 Å². The van der Waals surface area contributed by atoms with E-state index in [4.69, 9.17) is 9.47 Å². The van der Waals surface area contributed by atoms with Crippen LogP contribution in [0.5, 0.6) is 0 Å². The molecule has 0 aromatic carbocycles. The van der Waals surface area contributed by atoms with E-state index in [1.54, 1.807) is 20.8 Å². The molecule has 0 fully saturated rings. The minimum atomic E-state index is -4.39. The number of rotatable bonds is 9. The SMILES string of the molecule is CCC(C)OCC(C)(CC(C)(O)CC)OCC(F)(F)F. The maximum atomic E-state index is 12.3. The molecule has 122 valence electrons. The second-order valence-corrected chi connectivity index (χ2v) is 5.91. The van der Waals surface area contributed by atoms with E-state index in [9.17, 15) is 18.3 Å². The molecule has 0 aliphatic heterocycles. The third-order valence-corrected chi connectivity index (χ3v) is 3.35. The normalized spacial score (nSPS) is 20.2. The van der Waals surface area contributed by atoms with Gasteiger partial charge in [0.05, 0.1) is 23.9 Å². The van der Waals surface area contributed by atoms with Crippen LogP contribution < -0.4 is 0 Å². The first-order valence-corrected chi connectivity index (χ1v) is 6.98. The predicted octanol–water partition coefficient (Wildman–Crippen LogP) is 3.69. The summed E-state index contributed by atoms with van der Waals surface area (Å²) in [4.78, 5) is 0. The molecule has 0 aliphatic rings. The van der Waals surface area contributed by atoms with Gasteiger partial charge in [-0.1, -0.05) is 13.8 Å². The lowest BCUT2D eigenvalue weighted by Crippen LogP contribution is -2.45. The summed E-state index contributed by atoms with van der Waals surface area (Å²) in [5, 5.41) is 10.1. The number of hydrogen-bond acceptors (Lipinski definition) is 3. The Labute approximate surface area is 119 Å². The van der Waals surface area contributed by atoms with Crippen molar-refractivity contribution in [3.8, 4) is 0 Å². The molecule has 0 aliphatic carbocycles. The van der Waals surface area contributed by atoms with E-state index in [2.05, 4.69) is 0 Å². The van der Waals surface area contributed by atoms with Gasteiger partial charge in [0.2, 0.25) is 0 Å². The maximum Gasteiger partial charge on any atom is 0.411 e. The molecule has 0 saturated heterocycles. The molecular weight excluding hydrogens is 273 g/mol. The molecule has 0 amide bonds. The van der Waals surface area contributed by atoms with Crippen LogP contribution in [0.3, 0.4) is 0 Å². The van der Waals surface area contributed by atoms with Gasteiger partial charge in [0.1, 0.15) is 6.61 Å². The van der Waals surface area contributed by atoms with Gasteiger partial charge in [0.15, 0.2) is 0 Å². The number of halogens is 3. The Bertz CT molecular complexity index is 279. The molecule has 3 unspecified atom stereocenters. The van der Waals surface area contributed by atoms with Crippen molar-refractivity contribution in [3.63, 3.8) is 0 Å². The lowest BCUT2D eigenvalue weighted by molar-refractivity contribution is -0.223. The molecule has 6 heteroatoms. The molecule has 0 bridgehead atoms. The molecule has 0 radical (unpaired) electrons. The Balaban J connectivity index is 4.74. The van der Waals surface area contributed by atoms with Crippen molar-refractivity contribution in [2.24, 2.45) is 0 Å². The van der Waals surface area contributed by atoms with Crippen molar-refractivity contribution >= 4 is 0 Å². The second kappa shape index (κ2) is 7.61. The second-order valence-electron chi connectivity index (χ2n) is 5.91. The zero-order chi connectivity index (χ0) is 16.0. The van der Waals surface area contributed by atoms with E-state index in [1.165, 1.54) is 0 Å². The van der Waals surface area contributed by atoms with Gasteiger partial charge in [-0.2, -0.15) is 13.2 Å². The zero-order valence-electron chi connectivity index (χ0n) is 13.0. The van der Waals surface area contributed by atoms with Crippen molar-refractivity contribution in [2.75, 3.05) is 13.2 Å². The predicted molar refractivity (Wildman–Crippen MR) is 71.6 cm³/mol. The first-order valence-electron chi connectivity index (χ1n) is 6.98. The van der Waals surface area contributed by atoms with Crippen LogP contribution in [0.4, 0.5) is 13.2 Å². The first-order chi connectivity index (χ1) is 8.93. The van der Waals surface area contributed by atoms with E-state index in [0.717, 1.165) is 6.42 Å². The van der Waals surface area contributed by atoms with E-state index in [0.29, 0.717) is 6.42 Å². The molecule has 3 atom stereocenters. The largest absolute Gasteiger partial charge is 0.411 e. The third kappa shape index (κ3) is 8.76. The summed E-state index contributed by atoms with van der Waals surface area (Å²) in [6.07, 6.45) is -3.17. The Kier molecular flexibility index (Phi) is 7.49. The fraction of sp³-hybridized carbons (Fsp3) is 1.00. The van der Waals surface area contributed by atoms with Crippen molar-refractivity contribution in [1.82, 2.24) is 0 Å². The summed E-state index contributed by atoms with van der Waals surface area (Å²) in [6.45, 7) is 7.38. The van der Waals surface area contributed by atoms with E-state index in [-0.39, 0.29) is 19.1 Å². The Morgan fingerprint density at radius 2 is 1.65 bits per heavy atom. The van der Waals surface area contributed by atoms with Crippen LogP contribution in [0.1, 0.15) is 53.9 Å². The highest BCUT2D eigenvalue weighted by Gasteiger charge is 2.38. The quantitative estimate of drug-likeness (QED) is 0.706. The van der Waals surface area contributed by atoms with Gasteiger partial charge in [-0.05, 0) is 33.6 Å². The average Bonchev–Trinajstić information content (AvgIpc) is 2.32. The lowest BCUT2D eigenvalue weighted by atomic mass is 9.88. The van der Waals surface area contributed by atoms with Crippen LogP contribution in [0.2, 0.25) is 0 Å². The van der Waals surface area contributed by atoms with Gasteiger partial charge in [-0.3, -0.25) is 0 Å². The van der Waals surface area contributed by atoms with Crippen molar-refractivity contribution in [3.05, 3.63) is 0 Å². The van der Waals surface area contributed by atoms with E-state index < -0.39 is 24.0 Å². The average molecular weight is 300 g/mol. The molecular formula is C14H27F3O3. The van der Waals surface area contributed by atoms with Crippen molar-refractivity contribution in [1.29, 1.82) is 0 Å². The van der Waals surface area contributed by atoms with Crippen LogP contribution in [-0.4, -0.2) is 41.8 Å². The van der Waals surface area contributed by atoms with Gasteiger partial charge in [0.25, 0.3) is 0 Å². The molecule has 0 aromatic rings. The van der Waals surface area contributed by atoms with Crippen LogP contribution in [0.25, 0.3) is 0 Å². The monoisotopic (exact) mass is 300 g/mol. The smallest absolute Gasteiger partial charge is 0.390 e. The van der Waals surface area contributed by atoms with E-state index >= 15 is 0 Å². The Hall–Kier alpha value is -0.330. The minimum Gasteiger partial charge on any atom is -0.390 e. The van der Waals surface area contributed by atoms with Gasteiger partial charge >= 0.3 is 6.18 Å². The number of aliphatic hydroxyl groups is 1. The summed E-state index contributed by atoms with van der Waals surface area (Å²) < 4.78 is 47.5. The highest BCUT2D eigenvalue weighted by atomic mass is 19.4. The fourth-order valence-corrected chi connectivity index (χ4v) is 1.77. The summed E-state index contributed by atoms with van der Waals surface area (Å²) in [5.74, 6) is 0. The van der Waals surface area contributed by atoms with Crippen LogP contribution >= 0.6 is 0 Å². The first kappa shape index (κ1) is 19.7. The van der Waals surface area contributed by atoms with Gasteiger partial charge in [0, 0.05) is 6.42 Å². The van der Waals surface area contributed by atoms with Crippen molar-refractivity contribution < 1.29 is 27.8 Å². The Morgan fingerprint density at radius 3 is 2.05 bits per heavy atom. The zero-order valence-corrected chi connectivity index (χ0v) is 13.0. The summed E-state index contributed by atoms with van der Waals surface area (Å²) in [7, 11) is 0.